The van der Waals surface area contributed by atoms with Crippen LogP contribution in [0.15, 0.2) is 39.6 Å². The molecule has 0 aliphatic rings. The van der Waals surface area contributed by atoms with Crippen LogP contribution in [0.1, 0.15) is 18.1 Å². The first kappa shape index (κ1) is 14.1. The Balaban J connectivity index is 2.60. The van der Waals surface area contributed by atoms with Gasteiger partial charge in [0.15, 0.2) is 0 Å². The maximum atomic E-state index is 12.6. The van der Waals surface area contributed by atoms with Crippen LogP contribution in [-0.2, 0) is 6.42 Å². The van der Waals surface area contributed by atoms with Crippen LogP contribution in [0.3, 0.4) is 0 Å². The second-order valence-corrected chi connectivity index (χ2v) is 6.00. The lowest BCUT2D eigenvalue weighted by Crippen LogP contribution is -2.25. The minimum absolute atomic E-state index is 0.118. The van der Waals surface area contributed by atoms with Gasteiger partial charge in [0.05, 0.1) is 10.9 Å². The van der Waals surface area contributed by atoms with Gasteiger partial charge in [0.1, 0.15) is 7.11 Å². The molecular formula is C17H16BrNO2. The van der Waals surface area contributed by atoms with E-state index in [0.29, 0.717) is 5.39 Å². The number of nitrogens with zero attached hydrogens (tertiary/aromatic N) is 1. The Morgan fingerprint density at radius 2 is 1.90 bits per heavy atom. The van der Waals surface area contributed by atoms with Crippen LogP contribution >= 0.6 is 15.9 Å². The van der Waals surface area contributed by atoms with Gasteiger partial charge in [-0.2, -0.15) is 0 Å². The third-order valence-corrected chi connectivity index (χ3v) is 4.57. The number of benzene rings is 2. The summed E-state index contributed by atoms with van der Waals surface area (Å²) < 4.78 is 2.43. The summed E-state index contributed by atoms with van der Waals surface area (Å²) in [6.07, 6.45) is 0.889. The zero-order chi connectivity index (χ0) is 15.1. The van der Waals surface area contributed by atoms with Crippen molar-refractivity contribution in [3.05, 3.63) is 56.3 Å². The van der Waals surface area contributed by atoms with E-state index in [-0.39, 0.29) is 5.56 Å². The lowest BCUT2D eigenvalue weighted by molar-refractivity contribution is 0.170. The van der Waals surface area contributed by atoms with Gasteiger partial charge in [-0.3, -0.25) is 4.79 Å². The van der Waals surface area contributed by atoms with Gasteiger partial charge in [-0.15, -0.1) is 4.73 Å². The van der Waals surface area contributed by atoms with Gasteiger partial charge >= 0.3 is 0 Å². The van der Waals surface area contributed by atoms with Gasteiger partial charge in [0, 0.05) is 9.86 Å². The first-order chi connectivity index (χ1) is 10.1. The van der Waals surface area contributed by atoms with E-state index in [0.717, 1.165) is 38.3 Å². The van der Waals surface area contributed by atoms with E-state index in [9.17, 15) is 4.79 Å². The number of halogens is 1. The van der Waals surface area contributed by atoms with Crippen molar-refractivity contribution in [1.29, 1.82) is 0 Å². The molecule has 2 aromatic carbocycles. The minimum atomic E-state index is -0.118. The number of aryl methyl sites for hydroxylation is 2. The number of rotatable bonds is 2. The van der Waals surface area contributed by atoms with E-state index >= 15 is 0 Å². The predicted octanol–water partition coefficient (Wildman–Crippen LogP) is 3.85. The van der Waals surface area contributed by atoms with E-state index in [1.807, 2.05) is 31.2 Å². The predicted molar refractivity (Wildman–Crippen MR) is 90.0 cm³/mol. The molecule has 0 unspecified atom stereocenters. The fourth-order valence-electron chi connectivity index (χ4n) is 2.73. The van der Waals surface area contributed by atoms with Crippen LogP contribution < -0.4 is 10.4 Å². The van der Waals surface area contributed by atoms with Gasteiger partial charge < -0.3 is 4.84 Å². The third-order valence-electron chi connectivity index (χ3n) is 3.83. The molecule has 0 saturated carbocycles. The summed E-state index contributed by atoms with van der Waals surface area (Å²) in [7, 11) is 1.52. The summed E-state index contributed by atoms with van der Waals surface area (Å²) in [4.78, 5) is 18.0. The molecule has 0 bridgehead atoms. The summed E-state index contributed by atoms with van der Waals surface area (Å²) in [6, 6.07) is 10.0. The molecule has 1 heterocycles. The van der Waals surface area contributed by atoms with Crippen molar-refractivity contribution in [3.8, 4) is 0 Å². The van der Waals surface area contributed by atoms with Crippen molar-refractivity contribution >= 4 is 37.6 Å². The molecule has 21 heavy (non-hydrogen) atoms. The molecule has 108 valence electrons. The molecule has 3 rings (SSSR count). The smallest absolute Gasteiger partial charge is 0.291 e. The van der Waals surface area contributed by atoms with Crippen LogP contribution in [0.5, 0.6) is 0 Å². The fourth-order valence-corrected chi connectivity index (χ4v) is 3.35. The second kappa shape index (κ2) is 5.19. The van der Waals surface area contributed by atoms with Crippen molar-refractivity contribution in [1.82, 2.24) is 4.73 Å². The summed E-state index contributed by atoms with van der Waals surface area (Å²) >= 11 is 3.61. The summed E-state index contributed by atoms with van der Waals surface area (Å²) in [5.41, 5.74) is 2.90. The molecule has 4 heteroatoms. The molecule has 0 saturated heterocycles. The molecule has 3 aromatic rings. The Morgan fingerprint density at radius 1 is 1.14 bits per heavy atom. The van der Waals surface area contributed by atoms with Crippen molar-refractivity contribution in [3.63, 3.8) is 0 Å². The summed E-state index contributed by atoms with van der Waals surface area (Å²) in [5, 5.41) is 2.65. The number of aromatic nitrogens is 1. The zero-order valence-corrected chi connectivity index (χ0v) is 13.8. The maximum Gasteiger partial charge on any atom is 0.291 e. The molecule has 0 amide bonds. The molecule has 1 aromatic heterocycles. The summed E-state index contributed by atoms with van der Waals surface area (Å²) in [6.45, 7) is 4.07. The Bertz CT molecular complexity index is 912. The minimum Gasteiger partial charge on any atom is -0.413 e. The van der Waals surface area contributed by atoms with Gasteiger partial charge in [0.25, 0.3) is 5.56 Å². The Hall–Kier alpha value is -1.81. The highest BCUT2D eigenvalue weighted by atomic mass is 79.9. The van der Waals surface area contributed by atoms with E-state index in [1.165, 1.54) is 11.8 Å². The van der Waals surface area contributed by atoms with E-state index in [4.69, 9.17) is 4.84 Å². The Labute approximate surface area is 131 Å². The van der Waals surface area contributed by atoms with E-state index in [1.54, 1.807) is 0 Å². The first-order valence-corrected chi connectivity index (χ1v) is 7.68. The largest absolute Gasteiger partial charge is 0.413 e. The van der Waals surface area contributed by atoms with Crippen molar-refractivity contribution in [2.24, 2.45) is 0 Å². The fraction of sp³-hybridized carbons (Fsp3) is 0.235. The van der Waals surface area contributed by atoms with Crippen LogP contribution in [0, 0.1) is 6.92 Å². The van der Waals surface area contributed by atoms with Crippen molar-refractivity contribution in [2.45, 2.75) is 20.3 Å². The number of pyridine rings is 1. The topological polar surface area (TPSA) is 31.2 Å². The van der Waals surface area contributed by atoms with Crippen molar-refractivity contribution in [2.75, 3.05) is 7.11 Å². The lowest BCUT2D eigenvalue weighted by Gasteiger charge is -2.14. The average molecular weight is 346 g/mol. The molecule has 0 spiro atoms. The Kier molecular flexibility index (Phi) is 3.49. The monoisotopic (exact) mass is 345 g/mol. The molecule has 0 atom stereocenters. The quantitative estimate of drug-likeness (QED) is 0.660. The second-order valence-electron chi connectivity index (χ2n) is 5.15. The van der Waals surface area contributed by atoms with Crippen LogP contribution in [0.4, 0.5) is 0 Å². The highest BCUT2D eigenvalue weighted by Gasteiger charge is 2.13. The highest BCUT2D eigenvalue weighted by molar-refractivity contribution is 9.10. The molecule has 0 N–H and O–H groups in total. The van der Waals surface area contributed by atoms with Gasteiger partial charge in [-0.1, -0.05) is 40.5 Å². The van der Waals surface area contributed by atoms with Gasteiger partial charge in [-0.25, -0.2) is 0 Å². The van der Waals surface area contributed by atoms with Crippen LogP contribution in [0.2, 0.25) is 0 Å². The van der Waals surface area contributed by atoms with Crippen LogP contribution in [-0.4, -0.2) is 11.8 Å². The molecular weight excluding hydrogens is 330 g/mol. The molecule has 0 aliphatic carbocycles. The highest BCUT2D eigenvalue weighted by Crippen LogP contribution is 2.29. The lowest BCUT2D eigenvalue weighted by atomic mass is 10.0. The Morgan fingerprint density at radius 3 is 2.57 bits per heavy atom. The van der Waals surface area contributed by atoms with E-state index in [2.05, 4.69) is 28.9 Å². The van der Waals surface area contributed by atoms with Gasteiger partial charge in [0.2, 0.25) is 0 Å². The molecule has 0 fully saturated rings. The summed E-state index contributed by atoms with van der Waals surface area (Å²) in [5.74, 6) is 0. The zero-order valence-electron chi connectivity index (χ0n) is 12.2. The number of fused-ring (bicyclic) bond motifs is 3. The standard InChI is InChI=1S/C17H16BrNO2/c1-4-11-8-16-13(9-15(11)18)12-6-5-10(2)7-14(12)17(20)19(16)21-3/h5-9H,4H2,1-3H3. The average Bonchev–Trinajstić information content (AvgIpc) is 2.48. The number of hydrogen-bond donors (Lipinski definition) is 0. The SMILES string of the molecule is CCc1cc2c(cc1Br)c1ccc(C)cc1c(=O)n2OC. The molecule has 0 aliphatic heterocycles. The first-order valence-electron chi connectivity index (χ1n) is 6.88. The molecule has 0 radical (unpaired) electrons. The third kappa shape index (κ3) is 2.14. The normalized spacial score (nSPS) is 11.2. The number of hydrogen-bond acceptors (Lipinski definition) is 2. The molecule has 3 nitrogen and oxygen atoms in total. The van der Waals surface area contributed by atoms with E-state index < -0.39 is 0 Å². The van der Waals surface area contributed by atoms with Crippen molar-refractivity contribution < 1.29 is 4.84 Å². The van der Waals surface area contributed by atoms with Gasteiger partial charge in [-0.05, 0) is 42.5 Å². The maximum absolute atomic E-state index is 12.6. The van der Waals surface area contributed by atoms with Crippen LogP contribution in [0.25, 0.3) is 21.7 Å².